The summed E-state index contributed by atoms with van der Waals surface area (Å²) in [5.74, 6) is -1.30. The molecular weight excluding hydrogens is 399 g/mol. The third kappa shape index (κ3) is 5.08. The highest BCUT2D eigenvalue weighted by atomic mass is 35.5. The fourth-order valence-electron chi connectivity index (χ4n) is 2.04. The Balaban J connectivity index is 2.08. The molecule has 0 aliphatic carbocycles. The standard InChI is InChI=1S/C17H14Cl2N2O6/c1-9(27-17(23)10-3-5-12(18)13(19)7-10)16(22)20-14-6-4-11(21(24)25)8-15(14)26-2/h3-9H,1-2H3,(H,20,22)/t9-/m1/s1. The maximum atomic E-state index is 12.3. The van der Waals surface area contributed by atoms with Gasteiger partial charge in [0.15, 0.2) is 6.10 Å². The lowest BCUT2D eigenvalue weighted by atomic mass is 10.2. The number of nitro benzene ring substituents is 1. The number of non-ortho nitro benzene ring substituents is 1. The number of nitrogens with one attached hydrogen (secondary N) is 1. The molecule has 0 spiro atoms. The quantitative estimate of drug-likeness (QED) is 0.434. The minimum absolute atomic E-state index is 0.0977. The third-order valence-electron chi connectivity index (χ3n) is 3.46. The molecule has 8 nitrogen and oxygen atoms in total. The average Bonchev–Trinajstić information content (AvgIpc) is 2.63. The van der Waals surface area contributed by atoms with Crippen molar-refractivity contribution in [1.29, 1.82) is 0 Å². The van der Waals surface area contributed by atoms with Crippen LogP contribution in [0.4, 0.5) is 11.4 Å². The van der Waals surface area contributed by atoms with E-state index in [0.717, 1.165) is 0 Å². The van der Waals surface area contributed by atoms with Crippen LogP contribution in [0.2, 0.25) is 10.0 Å². The summed E-state index contributed by atoms with van der Waals surface area (Å²) < 4.78 is 10.1. The summed E-state index contributed by atoms with van der Waals surface area (Å²) in [5.41, 5.74) is 0.145. The Morgan fingerprint density at radius 2 is 1.85 bits per heavy atom. The average molecular weight is 413 g/mol. The third-order valence-corrected chi connectivity index (χ3v) is 4.20. The molecule has 0 saturated heterocycles. The Hall–Kier alpha value is -2.84. The first kappa shape index (κ1) is 20.5. The van der Waals surface area contributed by atoms with E-state index in [4.69, 9.17) is 32.7 Å². The number of halogens is 2. The van der Waals surface area contributed by atoms with E-state index < -0.39 is 22.9 Å². The van der Waals surface area contributed by atoms with E-state index in [9.17, 15) is 19.7 Å². The van der Waals surface area contributed by atoms with Gasteiger partial charge in [-0.2, -0.15) is 0 Å². The van der Waals surface area contributed by atoms with Crippen LogP contribution in [-0.4, -0.2) is 30.0 Å². The van der Waals surface area contributed by atoms with E-state index in [2.05, 4.69) is 5.32 Å². The first-order chi connectivity index (χ1) is 12.7. The van der Waals surface area contributed by atoms with Crippen molar-refractivity contribution in [3.63, 3.8) is 0 Å². The van der Waals surface area contributed by atoms with E-state index >= 15 is 0 Å². The van der Waals surface area contributed by atoms with Gasteiger partial charge in [0.1, 0.15) is 5.75 Å². The van der Waals surface area contributed by atoms with E-state index in [1.807, 2.05) is 0 Å². The lowest BCUT2D eigenvalue weighted by Crippen LogP contribution is -2.30. The Bertz CT molecular complexity index is 903. The van der Waals surface area contributed by atoms with E-state index in [-0.39, 0.29) is 32.7 Å². The van der Waals surface area contributed by atoms with Gasteiger partial charge >= 0.3 is 5.97 Å². The lowest BCUT2D eigenvalue weighted by molar-refractivity contribution is -0.384. The number of carbonyl (C=O) groups is 2. The summed E-state index contributed by atoms with van der Waals surface area (Å²) in [6, 6.07) is 7.89. The molecule has 0 heterocycles. The zero-order valence-electron chi connectivity index (χ0n) is 14.2. The number of nitrogens with zero attached hydrogens (tertiary/aromatic N) is 1. The molecule has 0 bridgehead atoms. The Kier molecular flexibility index (Phi) is 6.59. The summed E-state index contributed by atoms with van der Waals surface area (Å²) in [4.78, 5) is 34.6. The van der Waals surface area contributed by atoms with Crippen LogP contribution in [0.15, 0.2) is 36.4 Å². The molecule has 1 N–H and O–H groups in total. The monoisotopic (exact) mass is 412 g/mol. The first-order valence-electron chi connectivity index (χ1n) is 7.52. The van der Waals surface area contributed by atoms with Crippen LogP contribution in [0.3, 0.4) is 0 Å². The van der Waals surface area contributed by atoms with Gasteiger partial charge in [0, 0.05) is 6.07 Å². The van der Waals surface area contributed by atoms with E-state index in [0.29, 0.717) is 0 Å². The lowest BCUT2D eigenvalue weighted by Gasteiger charge is -2.15. The minimum atomic E-state index is -1.15. The Labute approximate surface area is 164 Å². The van der Waals surface area contributed by atoms with Crippen LogP contribution in [-0.2, 0) is 9.53 Å². The molecule has 2 aromatic carbocycles. The van der Waals surface area contributed by atoms with Crippen molar-refractivity contribution in [1.82, 2.24) is 0 Å². The second kappa shape index (κ2) is 8.70. The fourth-order valence-corrected chi connectivity index (χ4v) is 2.33. The van der Waals surface area contributed by atoms with Crippen LogP contribution in [0, 0.1) is 10.1 Å². The summed E-state index contributed by atoms with van der Waals surface area (Å²) in [6.45, 7) is 1.38. The number of ether oxygens (including phenoxy) is 2. The second-order valence-electron chi connectivity index (χ2n) is 5.31. The second-order valence-corrected chi connectivity index (χ2v) is 6.12. The minimum Gasteiger partial charge on any atom is -0.494 e. The molecule has 2 aromatic rings. The van der Waals surface area contributed by atoms with Gasteiger partial charge in [-0.15, -0.1) is 0 Å². The summed E-state index contributed by atoms with van der Waals surface area (Å²) >= 11 is 11.6. The van der Waals surface area contributed by atoms with Crippen molar-refractivity contribution in [2.45, 2.75) is 13.0 Å². The molecule has 142 valence electrons. The Morgan fingerprint density at radius 1 is 1.15 bits per heavy atom. The molecule has 0 fully saturated rings. The van der Waals surface area contributed by atoms with Gasteiger partial charge in [-0.25, -0.2) is 4.79 Å². The fraction of sp³-hybridized carbons (Fsp3) is 0.176. The topological polar surface area (TPSA) is 108 Å². The first-order valence-corrected chi connectivity index (χ1v) is 8.28. The van der Waals surface area contributed by atoms with Gasteiger partial charge in [0.2, 0.25) is 0 Å². The van der Waals surface area contributed by atoms with E-state index in [1.165, 1.54) is 50.4 Å². The van der Waals surface area contributed by atoms with Gasteiger partial charge in [-0.3, -0.25) is 14.9 Å². The number of esters is 1. The molecule has 1 amide bonds. The van der Waals surface area contributed by atoms with Crippen LogP contribution < -0.4 is 10.1 Å². The Morgan fingerprint density at radius 3 is 2.44 bits per heavy atom. The number of nitro groups is 1. The maximum Gasteiger partial charge on any atom is 0.338 e. The molecule has 0 saturated carbocycles. The molecule has 10 heteroatoms. The van der Waals surface area contributed by atoms with Crippen LogP contribution in [0.1, 0.15) is 17.3 Å². The summed E-state index contributed by atoms with van der Waals surface area (Å²) in [5, 5.41) is 13.8. The highest BCUT2D eigenvalue weighted by Gasteiger charge is 2.21. The molecule has 0 aromatic heterocycles. The summed E-state index contributed by atoms with van der Waals surface area (Å²) in [7, 11) is 1.31. The van der Waals surface area contributed by atoms with Crippen molar-refractivity contribution in [3.8, 4) is 5.75 Å². The zero-order valence-corrected chi connectivity index (χ0v) is 15.7. The number of benzene rings is 2. The maximum absolute atomic E-state index is 12.3. The molecular formula is C17H14Cl2N2O6. The van der Waals surface area contributed by atoms with Crippen LogP contribution >= 0.6 is 23.2 Å². The summed E-state index contributed by atoms with van der Waals surface area (Å²) in [6.07, 6.45) is -1.15. The number of amides is 1. The van der Waals surface area contributed by atoms with Crippen molar-refractivity contribution in [2.24, 2.45) is 0 Å². The highest BCUT2D eigenvalue weighted by Crippen LogP contribution is 2.29. The molecule has 27 heavy (non-hydrogen) atoms. The molecule has 0 unspecified atom stereocenters. The van der Waals surface area contributed by atoms with Gasteiger partial charge in [-0.1, -0.05) is 23.2 Å². The smallest absolute Gasteiger partial charge is 0.338 e. The van der Waals surface area contributed by atoms with Crippen molar-refractivity contribution in [3.05, 3.63) is 62.1 Å². The van der Waals surface area contributed by atoms with Gasteiger partial charge in [0.25, 0.3) is 11.6 Å². The number of hydrogen-bond acceptors (Lipinski definition) is 6. The SMILES string of the molecule is COc1cc([N+](=O)[O-])ccc1NC(=O)[C@@H](C)OC(=O)c1ccc(Cl)c(Cl)c1. The zero-order chi connectivity index (χ0) is 20.1. The van der Waals surface area contributed by atoms with Crippen molar-refractivity contribution in [2.75, 3.05) is 12.4 Å². The molecule has 0 aliphatic rings. The predicted octanol–water partition coefficient (Wildman–Crippen LogP) is 4.09. The number of carbonyl (C=O) groups excluding carboxylic acids is 2. The number of hydrogen-bond donors (Lipinski definition) is 1. The van der Waals surface area contributed by atoms with Crippen molar-refractivity contribution >= 4 is 46.5 Å². The number of methoxy groups -OCH3 is 1. The molecule has 0 aliphatic heterocycles. The van der Waals surface area contributed by atoms with Gasteiger partial charge < -0.3 is 14.8 Å². The largest absolute Gasteiger partial charge is 0.494 e. The number of anilines is 1. The predicted molar refractivity (Wildman–Crippen MR) is 99.6 cm³/mol. The molecule has 2 rings (SSSR count). The van der Waals surface area contributed by atoms with Gasteiger partial charge in [0.05, 0.1) is 39.4 Å². The molecule has 1 atom stereocenters. The highest BCUT2D eigenvalue weighted by molar-refractivity contribution is 6.42. The molecule has 0 radical (unpaired) electrons. The van der Waals surface area contributed by atoms with Crippen molar-refractivity contribution < 1.29 is 24.0 Å². The normalized spacial score (nSPS) is 11.4. The van der Waals surface area contributed by atoms with Gasteiger partial charge in [-0.05, 0) is 31.2 Å². The number of rotatable bonds is 6. The van der Waals surface area contributed by atoms with E-state index in [1.54, 1.807) is 0 Å². The van der Waals surface area contributed by atoms with Crippen LogP contribution in [0.5, 0.6) is 5.75 Å². The van der Waals surface area contributed by atoms with Crippen LogP contribution in [0.25, 0.3) is 0 Å².